The maximum Gasteiger partial charge on any atom is 0.278 e. The zero-order valence-electron chi connectivity index (χ0n) is 2.83. The second-order valence-corrected chi connectivity index (χ2v) is 0.880. The number of ether oxygens (including phenoxy) is 1. The molecule has 1 nitrogen and oxygen atoms in total. The Balaban J connectivity index is 2.63. The molecule has 0 heterocycles. The van der Waals surface area contributed by atoms with Gasteiger partial charge in [0.05, 0.1) is 0 Å². The van der Waals surface area contributed by atoms with Crippen LogP contribution in [0.3, 0.4) is 0 Å². The predicted molar refractivity (Wildman–Crippen MR) is 17.8 cm³/mol. The van der Waals surface area contributed by atoms with Gasteiger partial charge in [-0.15, -0.1) is 0 Å². The van der Waals surface area contributed by atoms with E-state index in [1.54, 1.807) is 0 Å². The first-order valence-corrected chi connectivity index (χ1v) is 1.66. The highest BCUT2D eigenvalue weighted by atomic mass is 35.5. The molecule has 0 saturated heterocycles. The first kappa shape index (κ1) is 6.11. The molecule has 0 rings (SSSR count). The molecule has 0 saturated carbocycles. The lowest BCUT2D eigenvalue weighted by molar-refractivity contribution is -0.0262. The van der Waals surface area contributed by atoms with Gasteiger partial charge in [0.25, 0.3) is 5.82 Å². The minimum atomic E-state index is -2.00. The summed E-state index contributed by atoms with van der Waals surface area (Å²) in [6.45, 7) is -1.18. The summed E-state index contributed by atoms with van der Waals surface area (Å²) in [6, 6.07) is 0. The van der Waals surface area contributed by atoms with E-state index in [0.717, 1.165) is 0 Å². The van der Waals surface area contributed by atoms with E-state index in [4.69, 9.17) is 0 Å². The molecule has 6 heavy (non-hydrogen) atoms. The fourth-order valence-electron chi connectivity index (χ4n) is 0.0476. The van der Waals surface area contributed by atoms with Crippen LogP contribution in [0.4, 0.5) is 8.78 Å². The van der Waals surface area contributed by atoms with Crippen molar-refractivity contribution in [1.29, 1.82) is 0 Å². The first-order valence-electron chi connectivity index (χ1n) is 1.23. The van der Waals surface area contributed by atoms with Crippen molar-refractivity contribution < 1.29 is 13.5 Å². The van der Waals surface area contributed by atoms with Crippen molar-refractivity contribution in [3.8, 4) is 0 Å². The van der Waals surface area contributed by atoms with Gasteiger partial charge in [-0.2, -0.15) is 4.39 Å². The summed E-state index contributed by atoms with van der Waals surface area (Å²) in [4.78, 5) is 0. The average Bonchev–Trinajstić information content (AvgIpc) is 1.35. The number of hydrogen-bond donors (Lipinski definition) is 0. The zero-order chi connectivity index (χ0) is 4.99. The van der Waals surface area contributed by atoms with Gasteiger partial charge in [-0.05, 0) is 0 Å². The largest absolute Gasteiger partial charge is 0.304 e. The molecule has 0 aliphatic rings. The fourth-order valence-corrected chi connectivity index (χ4v) is 0.0952. The van der Waals surface area contributed by atoms with Crippen LogP contribution >= 0.6 is 11.6 Å². The van der Waals surface area contributed by atoms with Gasteiger partial charge in [0.1, 0.15) is 0 Å². The molecule has 0 aromatic rings. The smallest absolute Gasteiger partial charge is 0.278 e. The predicted octanol–water partition coefficient (Wildman–Crippen LogP) is 1.42. The van der Waals surface area contributed by atoms with Crippen LogP contribution in [0.25, 0.3) is 0 Å². The van der Waals surface area contributed by atoms with Gasteiger partial charge in [-0.1, -0.05) is 11.6 Å². The number of alkyl halides is 3. The molecule has 0 spiro atoms. The molecule has 0 fully saturated rings. The van der Waals surface area contributed by atoms with E-state index in [0.29, 0.717) is 0 Å². The minimum absolute atomic E-state index is 1.18. The summed E-state index contributed by atoms with van der Waals surface area (Å²) in [6.07, 6.45) is 0. The van der Waals surface area contributed by atoms with Gasteiger partial charge in [-0.25, -0.2) is 4.39 Å². The zero-order valence-corrected chi connectivity index (χ0v) is 3.58. The Labute approximate surface area is 38.9 Å². The molecular formula is C2H3ClF2O. The molecule has 1 atom stereocenters. The quantitative estimate of drug-likeness (QED) is 0.496. The normalized spacial score (nSPS) is 14.5. The molecule has 0 aliphatic heterocycles. The van der Waals surface area contributed by atoms with Crippen molar-refractivity contribution >= 4 is 11.6 Å². The Bertz CT molecular complexity index is 32.7. The highest BCUT2D eigenvalue weighted by molar-refractivity contribution is 6.18. The molecule has 0 bridgehead atoms. The van der Waals surface area contributed by atoms with E-state index >= 15 is 0 Å². The van der Waals surface area contributed by atoms with Gasteiger partial charge in [0.2, 0.25) is 0 Å². The van der Waals surface area contributed by atoms with Crippen LogP contribution in [0.15, 0.2) is 0 Å². The van der Waals surface area contributed by atoms with Crippen LogP contribution in [-0.4, -0.2) is 12.7 Å². The summed E-state index contributed by atoms with van der Waals surface area (Å²) in [5, 5.41) is 0. The lowest BCUT2D eigenvalue weighted by Crippen LogP contribution is -1.93. The van der Waals surface area contributed by atoms with Gasteiger partial charge in [0.15, 0.2) is 6.86 Å². The van der Waals surface area contributed by atoms with Gasteiger partial charge in [-0.3, -0.25) is 0 Å². The fraction of sp³-hybridized carbons (Fsp3) is 1.00. The van der Waals surface area contributed by atoms with Crippen molar-refractivity contribution in [1.82, 2.24) is 0 Å². The van der Waals surface area contributed by atoms with E-state index in [1.807, 2.05) is 0 Å². The average molecular weight is 116 g/mol. The van der Waals surface area contributed by atoms with Crippen molar-refractivity contribution in [2.24, 2.45) is 0 Å². The minimum Gasteiger partial charge on any atom is -0.304 e. The highest BCUT2D eigenvalue weighted by Gasteiger charge is 1.94. The molecule has 0 amide bonds. The van der Waals surface area contributed by atoms with E-state index in [1.165, 1.54) is 0 Å². The molecule has 38 valence electrons. The second kappa shape index (κ2) is 3.31. The Morgan fingerprint density at radius 3 is 2.33 bits per heavy atom. The Morgan fingerprint density at radius 2 is 2.33 bits per heavy atom. The Kier molecular flexibility index (Phi) is 3.37. The standard InChI is InChI=1S/C2H3ClF2O/c3-2(5)6-1-4/h2H,1H2. The summed E-state index contributed by atoms with van der Waals surface area (Å²) in [7, 11) is 0. The van der Waals surface area contributed by atoms with Crippen molar-refractivity contribution in [3.63, 3.8) is 0 Å². The lowest BCUT2D eigenvalue weighted by Gasteiger charge is -1.91. The van der Waals surface area contributed by atoms with Gasteiger partial charge in [0, 0.05) is 0 Å². The second-order valence-electron chi connectivity index (χ2n) is 0.536. The van der Waals surface area contributed by atoms with Crippen LogP contribution in [-0.2, 0) is 4.74 Å². The summed E-state index contributed by atoms with van der Waals surface area (Å²) in [5.74, 6) is -2.00. The van der Waals surface area contributed by atoms with Gasteiger partial charge >= 0.3 is 0 Å². The third kappa shape index (κ3) is 4.11. The SMILES string of the molecule is FCOC(F)Cl. The van der Waals surface area contributed by atoms with Crippen molar-refractivity contribution in [3.05, 3.63) is 0 Å². The van der Waals surface area contributed by atoms with Crippen molar-refractivity contribution in [2.45, 2.75) is 5.82 Å². The highest BCUT2D eigenvalue weighted by Crippen LogP contribution is 1.96. The van der Waals surface area contributed by atoms with Crippen LogP contribution < -0.4 is 0 Å². The molecule has 0 N–H and O–H groups in total. The Morgan fingerprint density at radius 1 is 1.83 bits per heavy atom. The van der Waals surface area contributed by atoms with E-state index in [9.17, 15) is 8.78 Å². The van der Waals surface area contributed by atoms with E-state index in [-0.39, 0.29) is 0 Å². The van der Waals surface area contributed by atoms with E-state index in [2.05, 4.69) is 16.3 Å². The first-order chi connectivity index (χ1) is 2.77. The molecule has 0 aromatic carbocycles. The summed E-state index contributed by atoms with van der Waals surface area (Å²) >= 11 is 4.45. The number of rotatable bonds is 2. The monoisotopic (exact) mass is 116 g/mol. The molecule has 0 aliphatic carbocycles. The maximum absolute atomic E-state index is 11.0. The maximum atomic E-state index is 11.0. The third-order valence-electron chi connectivity index (χ3n) is 0.189. The molecule has 1 unspecified atom stereocenters. The molecule has 4 heteroatoms. The third-order valence-corrected chi connectivity index (χ3v) is 0.315. The molecule has 0 radical (unpaired) electrons. The van der Waals surface area contributed by atoms with Crippen LogP contribution in [0, 0.1) is 0 Å². The molecule has 0 aromatic heterocycles. The molecular weight excluding hydrogens is 113 g/mol. The van der Waals surface area contributed by atoms with E-state index < -0.39 is 12.7 Å². The number of hydrogen-bond acceptors (Lipinski definition) is 1. The van der Waals surface area contributed by atoms with Crippen LogP contribution in [0.2, 0.25) is 0 Å². The summed E-state index contributed by atoms with van der Waals surface area (Å²) < 4.78 is 25.2. The topological polar surface area (TPSA) is 9.23 Å². The number of halogens is 3. The van der Waals surface area contributed by atoms with Crippen LogP contribution in [0.5, 0.6) is 0 Å². The van der Waals surface area contributed by atoms with Gasteiger partial charge < -0.3 is 4.74 Å². The Hall–Kier alpha value is 0.110. The summed E-state index contributed by atoms with van der Waals surface area (Å²) in [5.41, 5.74) is 0. The lowest BCUT2D eigenvalue weighted by atomic mass is 11.4. The van der Waals surface area contributed by atoms with Crippen molar-refractivity contribution in [2.75, 3.05) is 6.86 Å². The van der Waals surface area contributed by atoms with Crippen LogP contribution in [0.1, 0.15) is 0 Å².